The van der Waals surface area contributed by atoms with Crippen LogP contribution in [0.15, 0.2) is 16.8 Å². The molecule has 1 aromatic heterocycles. The van der Waals surface area contributed by atoms with Crippen molar-refractivity contribution < 1.29 is 4.79 Å². The summed E-state index contributed by atoms with van der Waals surface area (Å²) in [6.45, 7) is 6.98. The molecule has 1 aliphatic heterocycles. The van der Waals surface area contributed by atoms with E-state index in [0.717, 1.165) is 6.54 Å². The molecule has 2 rings (SSSR count). The number of hydrogen-bond donors (Lipinski definition) is 1. The zero-order valence-electron chi connectivity index (χ0n) is 12.3. The molecule has 5 heteroatoms. The van der Waals surface area contributed by atoms with E-state index in [4.69, 9.17) is 0 Å². The van der Waals surface area contributed by atoms with E-state index >= 15 is 0 Å². The van der Waals surface area contributed by atoms with Crippen molar-refractivity contribution in [1.82, 2.24) is 15.1 Å². The molecule has 0 aliphatic carbocycles. The molecule has 1 N–H and O–H groups in total. The van der Waals surface area contributed by atoms with Crippen molar-refractivity contribution in [2.45, 2.75) is 38.5 Å². The minimum absolute atomic E-state index is 0.00738. The van der Waals surface area contributed by atoms with Gasteiger partial charge in [-0.2, -0.15) is 11.3 Å². The van der Waals surface area contributed by atoms with Crippen LogP contribution in [0, 0.1) is 0 Å². The van der Waals surface area contributed by atoms with Crippen LogP contribution in [-0.4, -0.2) is 47.9 Å². The van der Waals surface area contributed by atoms with Crippen LogP contribution < -0.4 is 5.32 Å². The van der Waals surface area contributed by atoms with Gasteiger partial charge in [-0.25, -0.2) is 0 Å². The maximum Gasteiger partial charge on any atom is 0.241 e. The molecule has 4 nitrogen and oxygen atoms in total. The van der Waals surface area contributed by atoms with Crippen LogP contribution >= 0.6 is 11.3 Å². The van der Waals surface area contributed by atoms with Crippen molar-refractivity contribution in [3.8, 4) is 0 Å². The summed E-state index contributed by atoms with van der Waals surface area (Å²) in [4.78, 5) is 16.5. The number of likely N-dealkylation sites (N-methyl/N-ethyl adjacent to an activating group) is 1. The highest BCUT2D eigenvalue weighted by Crippen LogP contribution is 2.29. The number of carbonyl (C=O) groups excluding carboxylic acids is 1. The number of nitrogens with zero attached hydrogens (tertiary/aromatic N) is 2. The Morgan fingerprint density at radius 1 is 1.47 bits per heavy atom. The Hall–Kier alpha value is -0.910. The number of rotatable bonds is 4. The van der Waals surface area contributed by atoms with Gasteiger partial charge in [-0.3, -0.25) is 10.1 Å². The minimum Gasteiger partial charge on any atom is -0.320 e. The second-order valence-corrected chi connectivity index (χ2v) is 6.80. The fraction of sp³-hybridized carbons (Fsp3) is 0.643. The second-order valence-electron chi connectivity index (χ2n) is 6.02. The highest BCUT2D eigenvalue weighted by Gasteiger charge is 2.40. The number of carbonyl (C=O) groups is 1. The first-order valence-electron chi connectivity index (χ1n) is 6.59. The van der Waals surface area contributed by atoms with Crippen molar-refractivity contribution in [3.05, 3.63) is 22.4 Å². The van der Waals surface area contributed by atoms with Gasteiger partial charge in [-0.05, 0) is 57.3 Å². The Balaban J connectivity index is 2.22. The first-order valence-corrected chi connectivity index (χ1v) is 7.53. The largest absolute Gasteiger partial charge is 0.320 e. The lowest BCUT2D eigenvalue weighted by Crippen LogP contribution is -2.49. The molecule has 1 saturated heterocycles. The van der Waals surface area contributed by atoms with Crippen LogP contribution in [0.2, 0.25) is 0 Å². The lowest BCUT2D eigenvalue weighted by molar-refractivity contribution is -0.131. The smallest absolute Gasteiger partial charge is 0.241 e. The third kappa shape index (κ3) is 2.83. The van der Waals surface area contributed by atoms with Gasteiger partial charge >= 0.3 is 0 Å². The quantitative estimate of drug-likeness (QED) is 0.916. The third-order valence-corrected chi connectivity index (χ3v) is 4.70. The molecule has 0 aromatic carbocycles. The number of thiophene rings is 1. The third-order valence-electron chi connectivity index (χ3n) is 4.00. The molecule has 1 amide bonds. The van der Waals surface area contributed by atoms with Gasteiger partial charge in [0.15, 0.2) is 0 Å². The molecule has 19 heavy (non-hydrogen) atoms. The summed E-state index contributed by atoms with van der Waals surface area (Å²) in [5.74, 6) is 0.186. The summed E-state index contributed by atoms with van der Waals surface area (Å²) < 4.78 is 0. The van der Waals surface area contributed by atoms with Gasteiger partial charge in [-0.15, -0.1) is 0 Å². The average Bonchev–Trinajstić information content (AvgIpc) is 2.92. The van der Waals surface area contributed by atoms with Gasteiger partial charge in [0.25, 0.3) is 0 Å². The Labute approximate surface area is 119 Å². The van der Waals surface area contributed by atoms with Crippen LogP contribution in [-0.2, 0) is 4.79 Å². The van der Waals surface area contributed by atoms with E-state index in [2.05, 4.69) is 55.0 Å². The van der Waals surface area contributed by atoms with E-state index in [1.54, 1.807) is 11.3 Å². The highest BCUT2D eigenvalue weighted by molar-refractivity contribution is 7.07. The summed E-state index contributed by atoms with van der Waals surface area (Å²) in [6.07, 6.45) is 0.00738. The monoisotopic (exact) mass is 281 g/mol. The van der Waals surface area contributed by atoms with Crippen LogP contribution in [0.4, 0.5) is 0 Å². The van der Waals surface area contributed by atoms with E-state index in [0.29, 0.717) is 0 Å². The van der Waals surface area contributed by atoms with Gasteiger partial charge in [0.1, 0.15) is 6.17 Å². The maximum absolute atomic E-state index is 12.4. The Bertz CT molecular complexity index is 442. The van der Waals surface area contributed by atoms with E-state index < -0.39 is 0 Å². The number of nitrogens with one attached hydrogen (secondary N) is 1. The zero-order valence-corrected chi connectivity index (χ0v) is 13.1. The topological polar surface area (TPSA) is 35.6 Å². The minimum atomic E-state index is -0.108. The van der Waals surface area contributed by atoms with Gasteiger partial charge in [0, 0.05) is 12.1 Å². The molecular weight excluding hydrogens is 258 g/mol. The van der Waals surface area contributed by atoms with E-state index in [-0.39, 0.29) is 23.7 Å². The molecule has 2 heterocycles. The first kappa shape index (κ1) is 14.5. The van der Waals surface area contributed by atoms with E-state index in [9.17, 15) is 4.79 Å². The SMILES string of the molecule is CC1NC(c2ccsc2)N(CC(C)(C)N(C)C)C1=O. The second kappa shape index (κ2) is 5.23. The van der Waals surface area contributed by atoms with Crippen molar-refractivity contribution in [1.29, 1.82) is 0 Å². The summed E-state index contributed by atoms with van der Waals surface area (Å²) in [7, 11) is 4.11. The van der Waals surface area contributed by atoms with Gasteiger partial charge < -0.3 is 9.80 Å². The van der Waals surface area contributed by atoms with Crippen LogP contribution in [0.25, 0.3) is 0 Å². The van der Waals surface area contributed by atoms with Gasteiger partial charge in [0.05, 0.1) is 6.04 Å². The first-order chi connectivity index (χ1) is 8.83. The summed E-state index contributed by atoms with van der Waals surface area (Å²) >= 11 is 1.67. The van der Waals surface area contributed by atoms with E-state index in [1.807, 2.05) is 11.8 Å². The van der Waals surface area contributed by atoms with Crippen molar-refractivity contribution in [2.75, 3.05) is 20.6 Å². The van der Waals surface area contributed by atoms with Crippen LogP contribution in [0.5, 0.6) is 0 Å². The summed E-state index contributed by atoms with van der Waals surface area (Å²) in [5.41, 5.74) is 1.13. The molecule has 1 aromatic rings. The van der Waals surface area contributed by atoms with Crippen molar-refractivity contribution in [3.63, 3.8) is 0 Å². The molecule has 1 aliphatic rings. The van der Waals surface area contributed by atoms with Gasteiger partial charge in [0.2, 0.25) is 5.91 Å². The van der Waals surface area contributed by atoms with Gasteiger partial charge in [-0.1, -0.05) is 0 Å². The average molecular weight is 281 g/mol. The zero-order chi connectivity index (χ0) is 14.2. The molecular formula is C14H23N3OS. The van der Waals surface area contributed by atoms with Crippen LogP contribution in [0.1, 0.15) is 32.5 Å². The molecule has 2 unspecified atom stereocenters. The predicted molar refractivity (Wildman–Crippen MR) is 79.1 cm³/mol. The Morgan fingerprint density at radius 2 is 2.16 bits per heavy atom. The molecule has 0 radical (unpaired) electrons. The molecule has 0 saturated carbocycles. The molecule has 106 valence electrons. The predicted octanol–water partition coefficient (Wildman–Crippen LogP) is 1.91. The fourth-order valence-corrected chi connectivity index (χ4v) is 2.89. The lowest BCUT2D eigenvalue weighted by atomic mass is 10.0. The summed E-state index contributed by atoms with van der Waals surface area (Å²) in [5, 5.41) is 7.55. The molecule has 0 spiro atoms. The fourth-order valence-electron chi connectivity index (χ4n) is 2.21. The van der Waals surface area contributed by atoms with E-state index in [1.165, 1.54) is 5.56 Å². The highest BCUT2D eigenvalue weighted by atomic mass is 32.1. The number of amides is 1. The normalized spacial score (nSPS) is 24.5. The molecule has 1 fully saturated rings. The Kier molecular flexibility index (Phi) is 3.99. The van der Waals surface area contributed by atoms with Crippen molar-refractivity contribution in [2.24, 2.45) is 0 Å². The number of hydrogen-bond acceptors (Lipinski definition) is 4. The maximum atomic E-state index is 12.4. The van der Waals surface area contributed by atoms with Crippen LogP contribution in [0.3, 0.4) is 0 Å². The Morgan fingerprint density at radius 3 is 2.68 bits per heavy atom. The lowest BCUT2D eigenvalue weighted by Gasteiger charge is -2.38. The standard InChI is InChI=1S/C14H23N3OS/c1-10-13(18)17(9-14(2,3)16(4)5)12(15-10)11-6-7-19-8-11/h6-8,10,12,15H,9H2,1-5H3. The summed E-state index contributed by atoms with van der Waals surface area (Å²) in [6, 6.07) is 1.98. The molecule has 0 bridgehead atoms. The molecule has 2 atom stereocenters. The van der Waals surface area contributed by atoms with Crippen molar-refractivity contribution >= 4 is 17.2 Å².